The highest BCUT2D eigenvalue weighted by atomic mass is 16.6. The zero-order chi connectivity index (χ0) is 10.3. The number of hydrogen-bond acceptors (Lipinski definition) is 4. The van der Waals surface area contributed by atoms with E-state index in [2.05, 4.69) is 18.2 Å². The van der Waals surface area contributed by atoms with E-state index in [0.717, 1.165) is 6.61 Å². The molecule has 76 valence electrons. The van der Waals surface area contributed by atoms with Gasteiger partial charge >= 0.3 is 5.97 Å². The number of hydrogen-bond donors (Lipinski definition) is 1. The monoisotopic (exact) mass is 188 g/mol. The number of rotatable bonds is 3. The Hall–Kier alpha value is -0.870. The van der Waals surface area contributed by atoms with Crippen LogP contribution in [0.25, 0.3) is 0 Å². The topological polar surface area (TPSA) is 59.1 Å². The first kappa shape index (κ1) is 12.1. The maximum absolute atomic E-state index is 10.5. The van der Waals surface area contributed by atoms with E-state index in [4.69, 9.17) is 9.84 Å². The van der Waals surface area contributed by atoms with Gasteiger partial charge in [-0.25, -0.2) is 4.79 Å². The zero-order valence-electron chi connectivity index (χ0n) is 8.08. The molecule has 0 amide bonds. The van der Waals surface area contributed by atoms with Crippen molar-refractivity contribution in [3.05, 3.63) is 12.2 Å². The minimum absolute atomic E-state index is 0.0473. The van der Waals surface area contributed by atoms with Crippen molar-refractivity contribution in [1.82, 2.24) is 0 Å². The molecule has 0 radical (unpaired) electrons. The fraction of sp³-hybridized carbons (Fsp3) is 0.667. The quantitative estimate of drug-likeness (QED) is 0.398. The molecular formula is C9H16O4. The Kier molecular flexibility index (Phi) is 6.18. The van der Waals surface area contributed by atoms with Crippen LogP contribution in [0.1, 0.15) is 13.8 Å². The molecule has 0 spiro atoms. The highest BCUT2D eigenvalue weighted by molar-refractivity contribution is 5.86. The van der Waals surface area contributed by atoms with Crippen molar-refractivity contribution in [1.29, 1.82) is 0 Å². The maximum atomic E-state index is 10.5. The van der Waals surface area contributed by atoms with Gasteiger partial charge in [-0.15, -0.1) is 0 Å². The minimum Gasteiger partial charge on any atom is -0.460 e. The molecule has 1 heterocycles. The average Bonchev–Trinajstić information content (AvgIpc) is 2.84. The summed E-state index contributed by atoms with van der Waals surface area (Å²) in [4.78, 5) is 10.5. The van der Waals surface area contributed by atoms with Gasteiger partial charge in [0.05, 0.1) is 19.3 Å². The van der Waals surface area contributed by atoms with Crippen molar-refractivity contribution in [2.45, 2.75) is 20.0 Å². The van der Waals surface area contributed by atoms with Gasteiger partial charge in [0.15, 0.2) is 0 Å². The van der Waals surface area contributed by atoms with E-state index < -0.39 is 5.97 Å². The van der Waals surface area contributed by atoms with Crippen molar-refractivity contribution in [3.8, 4) is 0 Å². The fourth-order valence-corrected chi connectivity index (χ4v) is 0.358. The molecule has 1 unspecified atom stereocenters. The van der Waals surface area contributed by atoms with E-state index in [-0.39, 0.29) is 13.2 Å². The summed E-state index contributed by atoms with van der Waals surface area (Å²) in [6, 6.07) is 0. The van der Waals surface area contributed by atoms with Gasteiger partial charge in [-0.3, -0.25) is 0 Å². The molecule has 1 saturated heterocycles. The summed E-state index contributed by atoms with van der Waals surface area (Å²) in [5, 5.41) is 8.19. The molecule has 1 rings (SSSR count). The molecule has 0 aliphatic carbocycles. The fourth-order valence-electron chi connectivity index (χ4n) is 0.358. The molecule has 4 nitrogen and oxygen atoms in total. The highest BCUT2D eigenvalue weighted by Crippen LogP contribution is 2.04. The highest BCUT2D eigenvalue weighted by Gasteiger charge is 2.13. The van der Waals surface area contributed by atoms with Gasteiger partial charge in [0.25, 0.3) is 0 Å². The third-order valence-corrected chi connectivity index (χ3v) is 1.17. The zero-order valence-corrected chi connectivity index (χ0v) is 8.08. The lowest BCUT2D eigenvalue weighted by molar-refractivity contribution is -0.139. The molecule has 0 aromatic heterocycles. The second-order valence-corrected chi connectivity index (χ2v) is 2.78. The second kappa shape index (κ2) is 6.62. The van der Waals surface area contributed by atoms with Crippen LogP contribution in [0.2, 0.25) is 0 Å². The average molecular weight is 188 g/mol. The van der Waals surface area contributed by atoms with Crippen LogP contribution in [-0.4, -0.2) is 37.0 Å². The molecule has 0 bridgehead atoms. The Morgan fingerprint density at radius 1 is 1.77 bits per heavy atom. The second-order valence-electron chi connectivity index (χ2n) is 2.78. The molecule has 1 atom stereocenters. The molecule has 1 N–H and O–H groups in total. The molecule has 0 aromatic carbocycles. The van der Waals surface area contributed by atoms with Crippen LogP contribution < -0.4 is 0 Å². The van der Waals surface area contributed by atoms with E-state index in [1.54, 1.807) is 6.92 Å². The Bertz CT molecular complexity index is 172. The molecule has 0 saturated carbocycles. The van der Waals surface area contributed by atoms with Gasteiger partial charge in [-0.05, 0) is 13.8 Å². The van der Waals surface area contributed by atoms with Gasteiger partial charge in [0.2, 0.25) is 0 Å². The molecule has 13 heavy (non-hydrogen) atoms. The number of epoxide rings is 1. The van der Waals surface area contributed by atoms with Gasteiger partial charge in [-0.1, -0.05) is 6.58 Å². The Labute approximate surface area is 78.2 Å². The van der Waals surface area contributed by atoms with Gasteiger partial charge in [0, 0.05) is 5.57 Å². The van der Waals surface area contributed by atoms with Crippen molar-refractivity contribution in [2.24, 2.45) is 0 Å². The molecule has 1 aliphatic heterocycles. The predicted molar refractivity (Wildman–Crippen MR) is 48.3 cm³/mol. The number of ether oxygens (including phenoxy) is 2. The van der Waals surface area contributed by atoms with Gasteiger partial charge < -0.3 is 14.6 Å². The minimum atomic E-state index is -0.455. The van der Waals surface area contributed by atoms with Crippen LogP contribution in [-0.2, 0) is 14.3 Å². The van der Waals surface area contributed by atoms with E-state index in [1.807, 2.05) is 0 Å². The van der Waals surface area contributed by atoms with Crippen LogP contribution >= 0.6 is 0 Å². The summed E-state index contributed by atoms with van der Waals surface area (Å²) in [5.41, 5.74) is 0.350. The van der Waals surface area contributed by atoms with Crippen LogP contribution in [0.15, 0.2) is 12.2 Å². The molecule has 1 aliphatic rings. The van der Waals surface area contributed by atoms with E-state index in [0.29, 0.717) is 11.7 Å². The van der Waals surface area contributed by atoms with Crippen LogP contribution in [0.5, 0.6) is 0 Å². The van der Waals surface area contributed by atoms with Crippen molar-refractivity contribution in [3.63, 3.8) is 0 Å². The van der Waals surface area contributed by atoms with Crippen LogP contribution in [0.3, 0.4) is 0 Å². The number of carbonyl (C=O) groups excluding carboxylic acids is 1. The lowest BCUT2D eigenvalue weighted by Gasteiger charge is -1.99. The molecule has 0 aromatic rings. The van der Waals surface area contributed by atoms with Gasteiger partial charge in [-0.2, -0.15) is 0 Å². The van der Waals surface area contributed by atoms with Crippen LogP contribution in [0, 0.1) is 0 Å². The van der Waals surface area contributed by atoms with E-state index in [9.17, 15) is 4.79 Å². The first-order chi connectivity index (χ1) is 6.07. The summed E-state index contributed by atoms with van der Waals surface area (Å²) in [7, 11) is 0. The van der Waals surface area contributed by atoms with Crippen LogP contribution in [0.4, 0.5) is 0 Å². The predicted octanol–water partition coefficient (Wildman–Crippen LogP) is 0.503. The van der Waals surface area contributed by atoms with Crippen molar-refractivity contribution >= 4 is 5.97 Å². The third kappa shape index (κ3) is 9.04. The SMILES string of the molecule is C=C(C)C(=O)OCCO.CC1CO1. The Balaban J connectivity index is 0.000000293. The summed E-state index contributed by atoms with van der Waals surface area (Å²) in [6.45, 7) is 7.86. The van der Waals surface area contributed by atoms with E-state index in [1.165, 1.54) is 0 Å². The standard InChI is InChI=1S/C6H10O3.C3H6O/c1-5(2)6(8)9-4-3-7;1-3-2-4-3/h7H,1,3-4H2,2H3;3H,2H2,1H3. The summed E-state index contributed by atoms with van der Waals surface area (Å²) < 4.78 is 9.17. The number of esters is 1. The smallest absolute Gasteiger partial charge is 0.333 e. The molecule has 4 heteroatoms. The first-order valence-electron chi connectivity index (χ1n) is 4.13. The normalized spacial score (nSPS) is 18.2. The summed E-state index contributed by atoms with van der Waals surface area (Å²) >= 11 is 0. The lowest BCUT2D eigenvalue weighted by atomic mass is 10.4. The summed E-state index contributed by atoms with van der Waals surface area (Å²) in [5.74, 6) is -0.455. The van der Waals surface area contributed by atoms with E-state index >= 15 is 0 Å². The lowest BCUT2D eigenvalue weighted by Crippen LogP contribution is -2.08. The summed E-state index contributed by atoms with van der Waals surface area (Å²) in [6.07, 6.45) is 0.583. The number of aliphatic hydroxyl groups is 1. The third-order valence-electron chi connectivity index (χ3n) is 1.17. The number of carbonyl (C=O) groups is 1. The maximum Gasteiger partial charge on any atom is 0.333 e. The Morgan fingerprint density at radius 2 is 2.23 bits per heavy atom. The Morgan fingerprint density at radius 3 is 2.46 bits per heavy atom. The van der Waals surface area contributed by atoms with Crippen molar-refractivity contribution < 1.29 is 19.4 Å². The first-order valence-corrected chi connectivity index (χ1v) is 4.13. The van der Waals surface area contributed by atoms with Gasteiger partial charge in [0.1, 0.15) is 6.61 Å². The largest absolute Gasteiger partial charge is 0.460 e. The van der Waals surface area contributed by atoms with Crippen molar-refractivity contribution in [2.75, 3.05) is 19.8 Å². The molecular weight excluding hydrogens is 172 g/mol. The number of aliphatic hydroxyl groups excluding tert-OH is 1. The molecule has 1 fully saturated rings.